The summed E-state index contributed by atoms with van der Waals surface area (Å²) in [5.74, 6) is 0. The molecular weight excluding hydrogens is 730 g/mol. The number of hydrogen-bond acceptors (Lipinski definition) is 15. The third-order valence-electron chi connectivity index (χ3n) is 8.65. The normalized spacial score (nSPS) is 18.6. The third kappa shape index (κ3) is 31.6. The summed E-state index contributed by atoms with van der Waals surface area (Å²) in [6, 6.07) is 1.75. The van der Waals surface area contributed by atoms with Crippen molar-refractivity contribution in [3.8, 4) is 6.07 Å². The molecule has 313 valence electrons. The summed E-state index contributed by atoms with van der Waals surface area (Å²) in [6.07, 6.45) is -1.79. The molecule has 1 heterocycles. The minimum absolute atomic E-state index is 0. The molecular formula is C34H71CuN7O10. The standard InChI is InChI=1S/C32H68N4O4.C2H3N.Cu.2NO3/c1-29(2,3)25(37)21-33-13-15-34(22-26(38)30(4,5)6)17-19-36(24-28(40)32(10,11)12)20-18-35(16-14-33)23-27(39)31(7,8)9;1-2-3;;2*2-1(3)4/h25-28,37-40H,13-24H2,1-12H3;1H3;;;/q;;+2;2*-1/t25-,26-,27+,28+;;;;. The molecule has 1 radical (unpaired) electrons. The smallest absolute Gasteiger partial charge is 0.391 e. The summed E-state index contributed by atoms with van der Waals surface area (Å²) in [6.45, 7) is 35.1. The molecule has 52 heavy (non-hydrogen) atoms. The first kappa shape index (κ1) is 56.8. The van der Waals surface area contributed by atoms with E-state index in [1.807, 2.05) is 0 Å². The summed E-state index contributed by atoms with van der Waals surface area (Å²) in [7, 11) is 0. The average molecular weight is 802 g/mol. The maximum Gasteiger partial charge on any atom is 2.00 e. The van der Waals surface area contributed by atoms with E-state index in [2.05, 4.69) is 103 Å². The van der Waals surface area contributed by atoms with Gasteiger partial charge in [0.1, 0.15) is 0 Å². The Balaban J connectivity index is -0.000000840. The van der Waals surface area contributed by atoms with E-state index in [9.17, 15) is 20.4 Å². The Bertz CT molecular complexity index is 840. The monoisotopic (exact) mass is 800 g/mol. The second-order valence-corrected chi connectivity index (χ2v) is 17.4. The molecule has 0 unspecified atom stereocenters. The van der Waals surface area contributed by atoms with Gasteiger partial charge < -0.3 is 51.1 Å². The van der Waals surface area contributed by atoms with Crippen LogP contribution in [0.3, 0.4) is 0 Å². The van der Waals surface area contributed by atoms with Crippen molar-refractivity contribution in [1.29, 1.82) is 5.26 Å². The summed E-state index contributed by atoms with van der Waals surface area (Å²) >= 11 is 0. The predicted octanol–water partition coefficient (Wildman–Crippen LogP) is 2.89. The van der Waals surface area contributed by atoms with Crippen LogP contribution in [0, 0.1) is 63.6 Å². The van der Waals surface area contributed by atoms with Crippen LogP contribution in [-0.2, 0) is 17.1 Å². The molecule has 4 N–H and O–H groups in total. The molecule has 1 saturated heterocycles. The Morgan fingerprint density at radius 2 is 0.596 bits per heavy atom. The summed E-state index contributed by atoms with van der Waals surface area (Å²) in [4.78, 5) is 25.9. The zero-order valence-corrected chi connectivity index (χ0v) is 34.9. The molecule has 0 spiro atoms. The molecule has 0 saturated carbocycles. The van der Waals surface area contributed by atoms with Crippen LogP contribution in [0.25, 0.3) is 0 Å². The molecule has 1 rings (SSSR count). The molecule has 1 aliphatic heterocycles. The van der Waals surface area contributed by atoms with Crippen molar-refractivity contribution in [3.05, 3.63) is 30.6 Å². The minimum atomic E-state index is -1.75. The van der Waals surface area contributed by atoms with E-state index in [1.165, 1.54) is 6.92 Å². The largest absolute Gasteiger partial charge is 2.00 e. The molecule has 0 aromatic rings. The first-order valence-corrected chi connectivity index (χ1v) is 17.4. The quantitative estimate of drug-likeness (QED) is 0.157. The van der Waals surface area contributed by atoms with Crippen LogP contribution in [0.5, 0.6) is 0 Å². The van der Waals surface area contributed by atoms with Crippen LogP contribution in [0.1, 0.15) is 90.0 Å². The second kappa shape index (κ2) is 26.8. The Morgan fingerprint density at radius 1 is 0.500 bits per heavy atom. The van der Waals surface area contributed by atoms with Crippen LogP contribution < -0.4 is 0 Å². The minimum Gasteiger partial charge on any atom is -0.391 e. The van der Waals surface area contributed by atoms with Gasteiger partial charge in [-0.1, -0.05) is 83.1 Å². The van der Waals surface area contributed by atoms with Gasteiger partial charge in [-0.2, -0.15) is 5.26 Å². The number of hydrogen-bond donors (Lipinski definition) is 4. The summed E-state index contributed by atoms with van der Waals surface area (Å²) in [5.41, 5.74) is -0.824. The van der Waals surface area contributed by atoms with Crippen molar-refractivity contribution >= 4 is 0 Å². The van der Waals surface area contributed by atoms with E-state index < -0.39 is 34.6 Å². The predicted molar refractivity (Wildman–Crippen MR) is 200 cm³/mol. The fourth-order valence-corrected chi connectivity index (χ4v) is 4.38. The van der Waals surface area contributed by atoms with E-state index in [0.29, 0.717) is 26.2 Å². The maximum atomic E-state index is 11.0. The fourth-order valence-electron chi connectivity index (χ4n) is 4.38. The number of β-amino-alcohol motifs (C(OH)–C–C–N with tert-alkyl or cyclic N) is 4. The molecule has 0 bridgehead atoms. The molecule has 1 fully saturated rings. The first-order chi connectivity index (χ1) is 22.9. The van der Waals surface area contributed by atoms with Gasteiger partial charge in [-0.15, -0.1) is 0 Å². The van der Waals surface area contributed by atoms with Crippen LogP contribution in [0.15, 0.2) is 0 Å². The second-order valence-electron chi connectivity index (χ2n) is 17.4. The number of nitriles is 1. The summed E-state index contributed by atoms with van der Waals surface area (Å²) < 4.78 is 0. The zero-order valence-electron chi connectivity index (χ0n) is 34.0. The van der Waals surface area contributed by atoms with Crippen LogP contribution in [0.4, 0.5) is 0 Å². The van der Waals surface area contributed by atoms with E-state index >= 15 is 0 Å². The first-order valence-electron chi connectivity index (χ1n) is 17.4. The van der Waals surface area contributed by atoms with E-state index in [0.717, 1.165) is 52.4 Å². The molecule has 0 aliphatic carbocycles. The Kier molecular flexibility index (Phi) is 29.3. The van der Waals surface area contributed by atoms with Gasteiger partial charge in [-0.05, 0) is 21.7 Å². The summed E-state index contributed by atoms with van der Waals surface area (Å²) in [5, 5.41) is 80.7. The molecule has 0 amide bonds. The van der Waals surface area contributed by atoms with Crippen molar-refractivity contribution in [2.75, 3.05) is 78.5 Å². The van der Waals surface area contributed by atoms with Gasteiger partial charge in [0.25, 0.3) is 0 Å². The van der Waals surface area contributed by atoms with Gasteiger partial charge in [-0.3, -0.25) is 19.6 Å². The van der Waals surface area contributed by atoms with Gasteiger partial charge in [-0.25, -0.2) is 0 Å². The number of rotatable bonds is 8. The molecule has 0 aromatic heterocycles. The molecule has 4 atom stereocenters. The average Bonchev–Trinajstić information content (AvgIpc) is 2.91. The van der Waals surface area contributed by atoms with Gasteiger partial charge >= 0.3 is 17.1 Å². The van der Waals surface area contributed by atoms with Gasteiger partial charge in [0, 0.05) is 85.5 Å². The Hall–Kier alpha value is -1.91. The topological polar surface area (TPSA) is 250 Å². The Morgan fingerprint density at radius 3 is 0.673 bits per heavy atom. The van der Waals surface area contributed by atoms with Gasteiger partial charge in [0.05, 0.1) is 40.7 Å². The van der Waals surface area contributed by atoms with Crippen molar-refractivity contribution < 1.29 is 47.7 Å². The number of aliphatic hydroxyl groups is 4. The SMILES string of the molecule is CC#N.CC(C)(C)[C@H](O)CN1CCN(C[C@@H](O)C(C)(C)C)CCN(C[C@H](O)C(C)(C)C)CCN(C[C@H](O)C(C)(C)C)CC1.O=[N+]([O-])[O-].O=[N+]([O-])[O-].[Cu+2]. The Labute approximate surface area is 323 Å². The van der Waals surface area contributed by atoms with Crippen molar-refractivity contribution in [2.24, 2.45) is 21.7 Å². The number of aliphatic hydroxyl groups excluding tert-OH is 4. The van der Waals surface area contributed by atoms with E-state index in [-0.39, 0.29) is 38.7 Å². The maximum absolute atomic E-state index is 11.0. The van der Waals surface area contributed by atoms with E-state index in [4.69, 9.17) is 35.9 Å². The van der Waals surface area contributed by atoms with Crippen LogP contribution in [-0.4, -0.2) is 153 Å². The van der Waals surface area contributed by atoms with Gasteiger partial charge in [0.15, 0.2) is 0 Å². The molecule has 18 heteroatoms. The third-order valence-corrected chi connectivity index (χ3v) is 8.65. The molecule has 1 aliphatic rings. The molecule has 17 nitrogen and oxygen atoms in total. The van der Waals surface area contributed by atoms with Crippen molar-refractivity contribution in [3.63, 3.8) is 0 Å². The molecule has 0 aromatic carbocycles. The van der Waals surface area contributed by atoms with Crippen molar-refractivity contribution in [1.82, 2.24) is 19.6 Å². The van der Waals surface area contributed by atoms with Gasteiger partial charge in [0.2, 0.25) is 0 Å². The fraction of sp³-hybridized carbons (Fsp3) is 0.971. The van der Waals surface area contributed by atoms with E-state index in [1.54, 1.807) is 6.07 Å². The van der Waals surface area contributed by atoms with Crippen LogP contribution in [0.2, 0.25) is 0 Å². The van der Waals surface area contributed by atoms with Crippen LogP contribution >= 0.6 is 0 Å². The zero-order chi connectivity index (χ0) is 41.0. The van der Waals surface area contributed by atoms with Crippen molar-refractivity contribution in [2.45, 2.75) is 114 Å². The number of nitrogens with zero attached hydrogens (tertiary/aromatic N) is 7.